The Morgan fingerprint density at radius 1 is 1.02 bits per heavy atom. The summed E-state index contributed by atoms with van der Waals surface area (Å²) in [5, 5.41) is 10.1. The van der Waals surface area contributed by atoms with Crippen LogP contribution in [0.15, 0.2) is 42.9 Å². The molecule has 0 aliphatic carbocycles. The SMILES string of the molecule is CCC/C(=C\c1cc(C(=O)Nc2cc(C(=O)NCCN3CCCCC3)ccc2F)cnc1C)c1cnn(CCCC(C)C)c1. The number of likely N-dealkylation sites (tertiary alicyclic amines) is 1. The van der Waals surface area contributed by atoms with Gasteiger partial charge in [0.05, 0.1) is 17.4 Å². The number of halogens is 1. The summed E-state index contributed by atoms with van der Waals surface area (Å²) in [5.74, 6) is -0.740. The molecule has 2 aromatic heterocycles. The van der Waals surface area contributed by atoms with E-state index in [4.69, 9.17) is 0 Å². The van der Waals surface area contributed by atoms with Crippen LogP contribution in [0.3, 0.4) is 0 Å². The molecule has 2 amide bonds. The molecule has 3 heterocycles. The van der Waals surface area contributed by atoms with E-state index in [9.17, 15) is 14.0 Å². The number of aryl methyl sites for hydroxylation is 2. The van der Waals surface area contributed by atoms with Crippen LogP contribution in [0.1, 0.15) is 103 Å². The topological polar surface area (TPSA) is 92.2 Å². The number of rotatable bonds is 14. The normalized spacial score (nSPS) is 14.2. The number of nitrogens with one attached hydrogen (secondary N) is 2. The zero-order chi connectivity index (χ0) is 31.5. The lowest BCUT2D eigenvalue weighted by molar-refractivity contribution is 0.0945. The predicted molar refractivity (Wildman–Crippen MR) is 175 cm³/mol. The van der Waals surface area contributed by atoms with E-state index in [-0.39, 0.29) is 11.6 Å². The van der Waals surface area contributed by atoms with Gasteiger partial charge in [0, 0.05) is 48.8 Å². The molecule has 0 spiro atoms. The predicted octanol–water partition coefficient (Wildman–Crippen LogP) is 6.97. The fourth-order valence-electron chi connectivity index (χ4n) is 5.46. The van der Waals surface area contributed by atoms with Crippen LogP contribution in [0, 0.1) is 18.7 Å². The minimum Gasteiger partial charge on any atom is -0.351 e. The number of anilines is 1. The minimum atomic E-state index is -0.612. The van der Waals surface area contributed by atoms with Crippen molar-refractivity contribution in [2.75, 3.05) is 31.5 Å². The van der Waals surface area contributed by atoms with Crippen LogP contribution in [0.25, 0.3) is 11.6 Å². The Hall–Kier alpha value is -3.85. The van der Waals surface area contributed by atoms with Crippen LogP contribution in [0.5, 0.6) is 0 Å². The van der Waals surface area contributed by atoms with E-state index in [1.807, 2.05) is 17.8 Å². The molecule has 1 saturated heterocycles. The van der Waals surface area contributed by atoms with E-state index in [1.165, 1.54) is 43.7 Å². The lowest BCUT2D eigenvalue weighted by Gasteiger charge is -2.26. The monoisotopic (exact) mass is 602 g/mol. The van der Waals surface area contributed by atoms with Gasteiger partial charge < -0.3 is 15.5 Å². The molecule has 9 heteroatoms. The van der Waals surface area contributed by atoms with Gasteiger partial charge >= 0.3 is 0 Å². The first kappa shape index (κ1) is 33.1. The van der Waals surface area contributed by atoms with Crippen LogP contribution in [0.2, 0.25) is 0 Å². The van der Waals surface area contributed by atoms with Gasteiger partial charge in [-0.1, -0.05) is 33.6 Å². The Balaban J connectivity index is 1.44. The van der Waals surface area contributed by atoms with Crippen molar-refractivity contribution in [2.45, 2.75) is 79.2 Å². The minimum absolute atomic E-state index is 0.0482. The third-order valence-corrected chi connectivity index (χ3v) is 8.05. The average molecular weight is 603 g/mol. The Kier molecular flexibility index (Phi) is 12.2. The summed E-state index contributed by atoms with van der Waals surface area (Å²) in [7, 11) is 0. The number of pyridine rings is 1. The highest BCUT2D eigenvalue weighted by atomic mass is 19.1. The third kappa shape index (κ3) is 9.58. The number of hydrogen-bond donors (Lipinski definition) is 2. The van der Waals surface area contributed by atoms with Gasteiger partial charge in [-0.05, 0) is 99.5 Å². The maximum Gasteiger partial charge on any atom is 0.257 e. The van der Waals surface area contributed by atoms with Crippen molar-refractivity contribution >= 4 is 29.2 Å². The van der Waals surface area contributed by atoms with Crippen LogP contribution < -0.4 is 10.6 Å². The van der Waals surface area contributed by atoms with Gasteiger partial charge in [-0.2, -0.15) is 5.10 Å². The second kappa shape index (κ2) is 16.3. The molecule has 0 bridgehead atoms. The van der Waals surface area contributed by atoms with E-state index >= 15 is 0 Å². The Labute approximate surface area is 261 Å². The van der Waals surface area contributed by atoms with Crippen molar-refractivity contribution in [1.29, 1.82) is 0 Å². The number of benzene rings is 1. The summed E-state index contributed by atoms with van der Waals surface area (Å²) in [6.07, 6.45) is 15.2. The van der Waals surface area contributed by atoms with E-state index in [0.717, 1.165) is 74.3 Å². The molecule has 0 radical (unpaired) electrons. The lowest BCUT2D eigenvalue weighted by atomic mass is 10.00. The van der Waals surface area contributed by atoms with Gasteiger partial charge in [0.15, 0.2) is 0 Å². The molecule has 2 N–H and O–H groups in total. The lowest BCUT2D eigenvalue weighted by Crippen LogP contribution is -2.37. The van der Waals surface area contributed by atoms with E-state index in [0.29, 0.717) is 23.6 Å². The zero-order valence-corrected chi connectivity index (χ0v) is 26.7. The van der Waals surface area contributed by atoms with Gasteiger partial charge in [0.2, 0.25) is 0 Å². The van der Waals surface area contributed by atoms with E-state index in [2.05, 4.69) is 58.7 Å². The van der Waals surface area contributed by atoms with Gasteiger partial charge in [0.25, 0.3) is 11.8 Å². The highest BCUT2D eigenvalue weighted by Gasteiger charge is 2.16. The number of carbonyl (C=O) groups is 2. The molecule has 8 nitrogen and oxygen atoms in total. The van der Waals surface area contributed by atoms with Gasteiger partial charge in [-0.25, -0.2) is 4.39 Å². The van der Waals surface area contributed by atoms with Gasteiger partial charge in [-0.15, -0.1) is 0 Å². The van der Waals surface area contributed by atoms with Crippen LogP contribution in [-0.4, -0.2) is 57.7 Å². The Bertz CT molecular complexity index is 1440. The second-order valence-corrected chi connectivity index (χ2v) is 12.2. The maximum atomic E-state index is 14.7. The molecule has 1 aliphatic heterocycles. The maximum absolute atomic E-state index is 14.7. The molecule has 44 heavy (non-hydrogen) atoms. The second-order valence-electron chi connectivity index (χ2n) is 12.2. The molecular weight excluding hydrogens is 555 g/mol. The highest BCUT2D eigenvalue weighted by molar-refractivity contribution is 6.05. The summed E-state index contributed by atoms with van der Waals surface area (Å²) in [4.78, 5) is 32.8. The van der Waals surface area contributed by atoms with E-state index in [1.54, 1.807) is 6.07 Å². The molecule has 236 valence electrons. The van der Waals surface area contributed by atoms with Crippen molar-refractivity contribution < 1.29 is 14.0 Å². The molecule has 0 atom stereocenters. The van der Waals surface area contributed by atoms with Gasteiger partial charge in [0.1, 0.15) is 5.82 Å². The zero-order valence-electron chi connectivity index (χ0n) is 26.7. The van der Waals surface area contributed by atoms with Crippen molar-refractivity contribution in [1.82, 2.24) is 25.0 Å². The summed E-state index contributed by atoms with van der Waals surface area (Å²) < 4.78 is 16.7. The number of amides is 2. The fourth-order valence-corrected chi connectivity index (χ4v) is 5.46. The number of aromatic nitrogens is 3. The molecule has 0 unspecified atom stereocenters. The number of hydrogen-bond acceptors (Lipinski definition) is 5. The fraction of sp³-hybridized carbons (Fsp3) is 0.486. The van der Waals surface area contributed by atoms with Crippen molar-refractivity contribution in [3.05, 3.63) is 76.6 Å². The molecule has 3 aromatic rings. The summed E-state index contributed by atoms with van der Waals surface area (Å²) in [6.45, 7) is 12.8. The smallest absolute Gasteiger partial charge is 0.257 e. The third-order valence-electron chi connectivity index (χ3n) is 8.05. The quantitative estimate of drug-likeness (QED) is 0.208. The molecule has 1 aliphatic rings. The first-order chi connectivity index (χ1) is 21.2. The van der Waals surface area contributed by atoms with Crippen molar-refractivity contribution in [3.8, 4) is 0 Å². The molecule has 1 aromatic carbocycles. The summed E-state index contributed by atoms with van der Waals surface area (Å²) in [5.41, 5.74) is 4.32. The largest absolute Gasteiger partial charge is 0.351 e. The Morgan fingerprint density at radius 2 is 1.82 bits per heavy atom. The first-order valence-electron chi connectivity index (χ1n) is 16.0. The van der Waals surface area contributed by atoms with Crippen LogP contribution in [0.4, 0.5) is 10.1 Å². The van der Waals surface area contributed by atoms with Gasteiger partial charge in [-0.3, -0.25) is 19.3 Å². The molecular formula is C35H47FN6O2. The highest BCUT2D eigenvalue weighted by Crippen LogP contribution is 2.25. The standard InChI is InChI=1S/C35H47FN6O2/c1-5-10-27(31-23-39-42(24-31)17-9-11-25(2)3)19-29-20-30(22-38-26(29)4)35(44)40-33-21-28(12-13-32(33)36)34(43)37-14-18-41-15-7-6-8-16-41/h12-13,19-25H,5-11,14-18H2,1-4H3,(H,37,43)(H,40,44)/b27-19+. The van der Waals surface area contributed by atoms with Crippen molar-refractivity contribution in [3.63, 3.8) is 0 Å². The van der Waals surface area contributed by atoms with Crippen LogP contribution in [-0.2, 0) is 6.54 Å². The summed E-state index contributed by atoms with van der Waals surface area (Å²) >= 11 is 0. The number of allylic oxidation sites excluding steroid dienone is 1. The van der Waals surface area contributed by atoms with Crippen LogP contribution >= 0.6 is 0 Å². The van der Waals surface area contributed by atoms with Crippen molar-refractivity contribution in [2.24, 2.45) is 5.92 Å². The molecule has 0 saturated carbocycles. The Morgan fingerprint density at radius 3 is 2.57 bits per heavy atom. The average Bonchev–Trinajstić information content (AvgIpc) is 3.48. The molecule has 4 rings (SSSR count). The number of nitrogens with zero attached hydrogens (tertiary/aromatic N) is 4. The molecule has 1 fully saturated rings. The number of piperidine rings is 1. The first-order valence-corrected chi connectivity index (χ1v) is 16.0. The number of carbonyl (C=O) groups excluding carboxylic acids is 2. The van der Waals surface area contributed by atoms with E-state index < -0.39 is 11.7 Å². The summed E-state index contributed by atoms with van der Waals surface area (Å²) in [6, 6.07) is 5.79.